The maximum absolute atomic E-state index is 13.9. The topological polar surface area (TPSA) is 51.7 Å². The average molecular weight is 334 g/mol. The highest BCUT2D eigenvalue weighted by Gasteiger charge is 2.58. The number of ether oxygens (including phenoxy) is 2. The van der Waals surface area contributed by atoms with Crippen molar-refractivity contribution in [1.29, 1.82) is 0 Å². The van der Waals surface area contributed by atoms with Crippen LogP contribution in [0, 0.1) is 6.92 Å². The van der Waals surface area contributed by atoms with Crippen LogP contribution >= 0.6 is 0 Å². The maximum atomic E-state index is 13.9. The number of carbonyl (C=O) groups excluding carboxylic acids is 1. The third-order valence-electron chi connectivity index (χ3n) is 5.18. The summed E-state index contributed by atoms with van der Waals surface area (Å²) in [6.07, 6.45) is 2.42. The summed E-state index contributed by atoms with van der Waals surface area (Å²) in [6.45, 7) is 4.04. The van der Waals surface area contributed by atoms with Gasteiger partial charge in [-0.25, -0.2) is 4.39 Å². The highest BCUT2D eigenvalue weighted by atomic mass is 19.1. The largest absolute Gasteiger partial charge is 0.372 e. The van der Waals surface area contributed by atoms with Gasteiger partial charge in [-0.3, -0.25) is 9.78 Å². The first kappa shape index (κ1) is 16.0. The molecule has 1 aliphatic carbocycles. The Kier molecular flexibility index (Phi) is 3.84. The van der Waals surface area contributed by atoms with Crippen molar-refractivity contribution in [2.75, 3.05) is 19.7 Å². The molecule has 1 aromatic rings. The van der Waals surface area contributed by atoms with Crippen molar-refractivity contribution in [1.82, 2.24) is 9.88 Å². The molecule has 4 rings (SSSR count). The van der Waals surface area contributed by atoms with Crippen LogP contribution in [-0.4, -0.2) is 52.9 Å². The van der Waals surface area contributed by atoms with Crippen LogP contribution in [0.2, 0.25) is 0 Å². The highest BCUT2D eigenvalue weighted by Crippen LogP contribution is 2.44. The fourth-order valence-corrected chi connectivity index (χ4v) is 3.63. The highest BCUT2D eigenvalue weighted by molar-refractivity contribution is 5.88. The second-order valence-electron chi connectivity index (χ2n) is 7.35. The summed E-state index contributed by atoms with van der Waals surface area (Å²) in [5.41, 5.74) is -0.0191. The van der Waals surface area contributed by atoms with E-state index >= 15 is 0 Å². The first-order chi connectivity index (χ1) is 11.5. The second-order valence-corrected chi connectivity index (χ2v) is 7.35. The smallest absolute Gasteiger partial charge is 0.260 e. The van der Waals surface area contributed by atoms with Crippen LogP contribution in [0.3, 0.4) is 0 Å². The van der Waals surface area contributed by atoms with Gasteiger partial charge in [-0.05, 0) is 38.3 Å². The summed E-state index contributed by atoms with van der Waals surface area (Å²) in [5, 5.41) is 0. The zero-order chi connectivity index (χ0) is 16.8. The normalized spacial score (nSPS) is 26.9. The minimum Gasteiger partial charge on any atom is -0.372 e. The van der Waals surface area contributed by atoms with E-state index < -0.39 is 5.67 Å². The standard InChI is InChI=1S/C18H23FN2O3/c1-13-3-2-4-14(20-13)10-23-15-5-8-24-17(9-15)11-21(12-17)16(22)18(19)6-7-18/h2-4,15H,5-12H2,1H3. The molecule has 1 spiro atoms. The SMILES string of the molecule is Cc1cccc(COC2CCOC3(C2)CN(C(=O)C2(F)CC2)C3)n1. The number of nitrogens with zero attached hydrogens (tertiary/aromatic N) is 2. The summed E-state index contributed by atoms with van der Waals surface area (Å²) in [5.74, 6) is -0.358. The number of aromatic nitrogens is 1. The number of halogens is 1. The third kappa shape index (κ3) is 3.05. The van der Waals surface area contributed by atoms with Crippen molar-refractivity contribution >= 4 is 5.91 Å². The molecule has 1 aromatic heterocycles. The second kappa shape index (κ2) is 5.77. The van der Waals surface area contributed by atoms with E-state index in [9.17, 15) is 9.18 Å². The Morgan fingerprint density at radius 1 is 1.46 bits per heavy atom. The lowest BCUT2D eigenvalue weighted by atomic mass is 9.84. The summed E-state index contributed by atoms with van der Waals surface area (Å²) in [7, 11) is 0. The summed E-state index contributed by atoms with van der Waals surface area (Å²) in [6, 6.07) is 5.90. The zero-order valence-corrected chi connectivity index (χ0v) is 14.0. The van der Waals surface area contributed by atoms with Gasteiger partial charge in [0.2, 0.25) is 0 Å². The van der Waals surface area contributed by atoms with Crippen LogP contribution in [0.15, 0.2) is 18.2 Å². The van der Waals surface area contributed by atoms with Gasteiger partial charge in [0, 0.05) is 18.7 Å². The van der Waals surface area contributed by atoms with Gasteiger partial charge in [0.1, 0.15) is 5.60 Å². The lowest BCUT2D eigenvalue weighted by molar-refractivity contribution is -0.205. The number of hydrogen-bond donors (Lipinski definition) is 0. The quantitative estimate of drug-likeness (QED) is 0.847. The molecular weight excluding hydrogens is 311 g/mol. The summed E-state index contributed by atoms with van der Waals surface area (Å²) >= 11 is 0. The number of likely N-dealkylation sites (tertiary alicyclic amines) is 1. The number of pyridine rings is 1. The van der Waals surface area contributed by atoms with Gasteiger partial charge in [0.15, 0.2) is 5.67 Å². The van der Waals surface area contributed by atoms with Crippen LogP contribution in [0.25, 0.3) is 0 Å². The molecule has 5 nitrogen and oxygen atoms in total. The van der Waals surface area contributed by atoms with Crippen LogP contribution < -0.4 is 0 Å². The predicted molar refractivity (Wildman–Crippen MR) is 85.1 cm³/mol. The molecule has 3 fully saturated rings. The van der Waals surface area contributed by atoms with E-state index in [1.807, 2.05) is 25.1 Å². The lowest BCUT2D eigenvalue weighted by Crippen LogP contribution is -2.68. The van der Waals surface area contributed by atoms with Crippen molar-refractivity contribution < 1.29 is 18.7 Å². The van der Waals surface area contributed by atoms with Crippen molar-refractivity contribution in [2.45, 2.75) is 56.6 Å². The van der Waals surface area contributed by atoms with Crippen LogP contribution in [0.5, 0.6) is 0 Å². The molecule has 1 unspecified atom stereocenters. The Labute approximate surface area is 141 Å². The fourth-order valence-electron chi connectivity index (χ4n) is 3.63. The van der Waals surface area contributed by atoms with Crippen molar-refractivity contribution in [3.8, 4) is 0 Å². The van der Waals surface area contributed by atoms with Gasteiger partial charge in [-0.2, -0.15) is 0 Å². The fraction of sp³-hybridized carbons (Fsp3) is 0.667. The third-order valence-corrected chi connectivity index (χ3v) is 5.18. The molecule has 0 bridgehead atoms. The van der Waals surface area contributed by atoms with Gasteiger partial charge in [-0.15, -0.1) is 0 Å². The molecule has 1 atom stereocenters. The number of alkyl halides is 1. The molecule has 24 heavy (non-hydrogen) atoms. The van der Waals surface area contributed by atoms with Crippen molar-refractivity contribution in [3.05, 3.63) is 29.6 Å². The summed E-state index contributed by atoms with van der Waals surface area (Å²) < 4.78 is 25.8. The van der Waals surface area contributed by atoms with Crippen LogP contribution in [-0.2, 0) is 20.9 Å². The molecule has 130 valence electrons. The van der Waals surface area contributed by atoms with Crippen LogP contribution in [0.4, 0.5) is 4.39 Å². The van der Waals surface area contributed by atoms with E-state index in [4.69, 9.17) is 9.47 Å². The molecule has 0 N–H and O–H groups in total. The summed E-state index contributed by atoms with van der Waals surface area (Å²) in [4.78, 5) is 18.1. The Hall–Kier alpha value is -1.53. The number of aryl methyl sites for hydroxylation is 1. The number of amides is 1. The molecule has 0 radical (unpaired) electrons. The molecular formula is C18H23FN2O3. The van der Waals surface area contributed by atoms with Gasteiger partial charge in [0.05, 0.1) is 31.5 Å². The Morgan fingerprint density at radius 3 is 2.96 bits per heavy atom. The molecule has 3 heterocycles. The zero-order valence-electron chi connectivity index (χ0n) is 14.0. The molecule has 2 aliphatic heterocycles. The average Bonchev–Trinajstić information content (AvgIpc) is 3.29. The number of hydrogen-bond acceptors (Lipinski definition) is 4. The first-order valence-electron chi connectivity index (χ1n) is 8.65. The van der Waals surface area contributed by atoms with E-state index in [1.165, 1.54) is 0 Å². The number of rotatable bonds is 4. The lowest BCUT2D eigenvalue weighted by Gasteiger charge is -2.53. The maximum Gasteiger partial charge on any atom is 0.260 e. The van der Waals surface area contributed by atoms with Crippen LogP contribution in [0.1, 0.15) is 37.1 Å². The number of carbonyl (C=O) groups is 1. The predicted octanol–water partition coefficient (Wildman–Crippen LogP) is 2.17. The van der Waals surface area contributed by atoms with E-state index in [-0.39, 0.29) is 17.6 Å². The monoisotopic (exact) mass is 334 g/mol. The Bertz CT molecular complexity index is 641. The molecule has 1 saturated carbocycles. The van der Waals surface area contributed by atoms with Gasteiger partial charge in [-0.1, -0.05) is 6.07 Å². The molecule has 6 heteroatoms. The molecule has 2 saturated heterocycles. The van der Waals surface area contributed by atoms with Crippen molar-refractivity contribution in [2.24, 2.45) is 0 Å². The van der Waals surface area contributed by atoms with E-state index in [0.29, 0.717) is 39.1 Å². The van der Waals surface area contributed by atoms with Gasteiger partial charge >= 0.3 is 0 Å². The minimum atomic E-state index is -1.58. The van der Waals surface area contributed by atoms with E-state index in [0.717, 1.165) is 24.2 Å². The van der Waals surface area contributed by atoms with E-state index in [1.54, 1.807) is 4.90 Å². The van der Waals surface area contributed by atoms with Crippen molar-refractivity contribution in [3.63, 3.8) is 0 Å². The van der Waals surface area contributed by atoms with Gasteiger partial charge < -0.3 is 14.4 Å². The van der Waals surface area contributed by atoms with Gasteiger partial charge in [0.25, 0.3) is 5.91 Å². The Balaban J connectivity index is 1.29. The molecule has 3 aliphatic rings. The van der Waals surface area contributed by atoms with E-state index in [2.05, 4.69) is 4.98 Å². The minimum absolute atomic E-state index is 0.0959. The molecule has 0 aromatic carbocycles. The molecule has 1 amide bonds. The Morgan fingerprint density at radius 2 is 2.25 bits per heavy atom. The first-order valence-corrected chi connectivity index (χ1v) is 8.65.